The molecule has 19 heavy (non-hydrogen) atoms. The summed E-state index contributed by atoms with van der Waals surface area (Å²) in [6.07, 6.45) is 6.98. The van der Waals surface area contributed by atoms with E-state index < -0.39 is 0 Å². The van der Waals surface area contributed by atoms with Gasteiger partial charge in [0.1, 0.15) is 0 Å². The topological polar surface area (TPSA) is 93.3 Å². The second-order valence-corrected chi connectivity index (χ2v) is 5.08. The van der Waals surface area contributed by atoms with E-state index in [1.165, 1.54) is 25.8 Å². The standard InChI is InChI=1S/C14H35N5/c15-7-1-3-12-19(14-6-9-17)13-4-2-10-18-11-5-8-16/h18H,1-17H2. The highest BCUT2D eigenvalue weighted by molar-refractivity contribution is 4.60. The van der Waals surface area contributed by atoms with Crippen LogP contribution < -0.4 is 22.5 Å². The summed E-state index contributed by atoms with van der Waals surface area (Å²) in [4.78, 5) is 2.53. The molecule has 0 saturated carbocycles. The van der Waals surface area contributed by atoms with E-state index in [1.807, 2.05) is 0 Å². The van der Waals surface area contributed by atoms with Gasteiger partial charge in [0.05, 0.1) is 0 Å². The first kappa shape index (κ1) is 18.8. The number of nitrogens with zero attached hydrogens (tertiary/aromatic N) is 1. The SMILES string of the molecule is NCCCCN(CCCN)CCCCNCCCN. The molecule has 0 bridgehead atoms. The Bertz CT molecular complexity index is 166. The molecular weight excluding hydrogens is 238 g/mol. The fraction of sp³-hybridized carbons (Fsp3) is 1.00. The van der Waals surface area contributed by atoms with Crippen molar-refractivity contribution in [2.75, 3.05) is 52.4 Å². The molecule has 0 saturated heterocycles. The zero-order valence-electron chi connectivity index (χ0n) is 12.6. The van der Waals surface area contributed by atoms with E-state index >= 15 is 0 Å². The Hall–Kier alpha value is -0.200. The van der Waals surface area contributed by atoms with Crippen LogP contribution in [0.1, 0.15) is 38.5 Å². The predicted molar refractivity (Wildman–Crippen MR) is 84.2 cm³/mol. The molecule has 0 heterocycles. The number of nitrogens with one attached hydrogen (secondary N) is 1. The minimum atomic E-state index is 0.779. The van der Waals surface area contributed by atoms with Crippen LogP contribution in [0.2, 0.25) is 0 Å². The van der Waals surface area contributed by atoms with Gasteiger partial charge in [0.15, 0.2) is 0 Å². The second-order valence-electron chi connectivity index (χ2n) is 5.08. The number of unbranched alkanes of at least 4 members (excludes halogenated alkanes) is 2. The quantitative estimate of drug-likeness (QED) is 0.317. The summed E-state index contributed by atoms with van der Waals surface area (Å²) < 4.78 is 0. The lowest BCUT2D eigenvalue weighted by atomic mass is 10.2. The molecule has 5 heteroatoms. The van der Waals surface area contributed by atoms with E-state index in [9.17, 15) is 0 Å². The molecule has 0 aliphatic carbocycles. The summed E-state index contributed by atoms with van der Waals surface area (Å²) in [6, 6.07) is 0. The molecular formula is C14H35N5. The van der Waals surface area contributed by atoms with Crippen molar-refractivity contribution in [2.24, 2.45) is 17.2 Å². The van der Waals surface area contributed by atoms with Gasteiger partial charge in [0, 0.05) is 0 Å². The first-order valence-electron chi connectivity index (χ1n) is 7.88. The van der Waals surface area contributed by atoms with Crippen molar-refractivity contribution >= 4 is 0 Å². The fourth-order valence-electron chi connectivity index (χ4n) is 2.07. The van der Waals surface area contributed by atoms with Crippen molar-refractivity contribution in [1.29, 1.82) is 0 Å². The summed E-state index contributed by atoms with van der Waals surface area (Å²) >= 11 is 0. The molecule has 0 rings (SSSR count). The van der Waals surface area contributed by atoms with E-state index in [0.29, 0.717) is 0 Å². The first-order chi connectivity index (χ1) is 9.35. The van der Waals surface area contributed by atoms with Gasteiger partial charge >= 0.3 is 0 Å². The molecule has 7 N–H and O–H groups in total. The van der Waals surface area contributed by atoms with Crippen LogP contribution in [0, 0.1) is 0 Å². The maximum absolute atomic E-state index is 5.59. The normalized spacial score (nSPS) is 11.4. The fourth-order valence-corrected chi connectivity index (χ4v) is 2.07. The van der Waals surface area contributed by atoms with Gasteiger partial charge in [-0.1, -0.05) is 0 Å². The number of hydrogen-bond acceptors (Lipinski definition) is 5. The van der Waals surface area contributed by atoms with Gasteiger partial charge in [0.25, 0.3) is 0 Å². The maximum atomic E-state index is 5.59. The first-order valence-corrected chi connectivity index (χ1v) is 7.88. The Labute approximate surface area is 119 Å². The largest absolute Gasteiger partial charge is 0.330 e. The molecule has 0 aromatic rings. The van der Waals surface area contributed by atoms with E-state index in [4.69, 9.17) is 17.2 Å². The summed E-state index contributed by atoms with van der Waals surface area (Å²) in [6.45, 7) is 7.99. The third-order valence-corrected chi connectivity index (χ3v) is 3.24. The number of rotatable bonds is 15. The van der Waals surface area contributed by atoms with Crippen LogP contribution in [0.5, 0.6) is 0 Å². The highest BCUT2D eigenvalue weighted by Gasteiger charge is 2.03. The lowest BCUT2D eigenvalue weighted by Crippen LogP contribution is -2.29. The Morgan fingerprint density at radius 1 is 0.579 bits per heavy atom. The lowest BCUT2D eigenvalue weighted by Gasteiger charge is -2.22. The van der Waals surface area contributed by atoms with E-state index in [2.05, 4.69) is 10.2 Å². The van der Waals surface area contributed by atoms with Gasteiger partial charge in [0.2, 0.25) is 0 Å². The summed E-state index contributed by atoms with van der Waals surface area (Å²) in [5.41, 5.74) is 16.6. The molecule has 0 aromatic carbocycles. The van der Waals surface area contributed by atoms with Crippen molar-refractivity contribution in [2.45, 2.75) is 38.5 Å². The third-order valence-electron chi connectivity index (χ3n) is 3.24. The van der Waals surface area contributed by atoms with Crippen LogP contribution in [0.15, 0.2) is 0 Å². The molecule has 116 valence electrons. The maximum Gasteiger partial charge on any atom is -0.000672 e. The third kappa shape index (κ3) is 14.0. The van der Waals surface area contributed by atoms with Crippen molar-refractivity contribution in [3.8, 4) is 0 Å². The van der Waals surface area contributed by atoms with Crippen LogP contribution in [0.3, 0.4) is 0 Å². The molecule has 0 aliphatic rings. The molecule has 0 aromatic heterocycles. The Morgan fingerprint density at radius 3 is 1.74 bits per heavy atom. The van der Waals surface area contributed by atoms with Crippen molar-refractivity contribution in [3.63, 3.8) is 0 Å². The van der Waals surface area contributed by atoms with Crippen LogP contribution in [0.25, 0.3) is 0 Å². The molecule has 0 amide bonds. The molecule has 5 nitrogen and oxygen atoms in total. The van der Waals surface area contributed by atoms with Gasteiger partial charge in [-0.3, -0.25) is 0 Å². The second kappa shape index (κ2) is 15.9. The molecule has 0 spiro atoms. The smallest absolute Gasteiger partial charge is 0.000672 e. The van der Waals surface area contributed by atoms with Crippen LogP contribution in [-0.2, 0) is 0 Å². The van der Waals surface area contributed by atoms with Gasteiger partial charge in [-0.05, 0) is 90.9 Å². The Balaban J connectivity index is 3.49. The zero-order chi connectivity index (χ0) is 14.2. The highest BCUT2D eigenvalue weighted by Crippen LogP contribution is 2.00. The van der Waals surface area contributed by atoms with Crippen LogP contribution in [-0.4, -0.2) is 57.3 Å². The van der Waals surface area contributed by atoms with Crippen molar-refractivity contribution in [3.05, 3.63) is 0 Å². The molecule has 0 aliphatic heterocycles. The molecule has 0 radical (unpaired) electrons. The number of hydrogen-bond donors (Lipinski definition) is 4. The summed E-state index contributed by atoms with van der Waals surface area (Å²) in [5.74, 6) is 0. The highest BCUT2D eigenvalue weighted by atomic mass is 15.1. The van der Waals surface area contributed by atoms with E-state index in [-0.39, 0.29) is 0 Å². The predicted octanol–water partition coefficient (Wildman–Crippen LogP) is 0.0947. The van der Waals surface area contributed by atoms with Crippen molar-refractivity contribution in [1.82, 2.24) is 10.2 Å². The molecule has 0 atom stereocenters. The summed E-state index contributed by atoms with van der Waals surface area (Å²) in [5, 5.41) is 3.42. The number of nitrogens with two attached hydrogens (primary N) is 3. The van der Waals surface area contributed by atoms with Crippen LogP contribution in [0.4, 0.5) is 0 Å². The minimum absolute atomic E-state index is 0.779. The lowest BCUT2D eigenvalue weighted by molar-refractivity contribution is 0.261. The Morgan fingerprint density at radius 2 is 1.11 bits per heavy atom. The van der Waals surface area contributed by atoms with Crippen molar-refractivity contribution < 1.29 is 0 Å². The summed E-state index contributed by atoms with van der Waals surface area (Å²) in [7, 11) is 0. The average Bonchev–Trinajstić information content (AvgIpc) is 2.43. The van der Waals surface area contributed by atoms with Gasteiger partial charge in [-0.25, -0.2) is 0 Å². The van der Waals surface area contributed by atoms with Gasteiger partial charge < -0.3 is 27.4 Å². The van der Waals surface area contributed by atoms with Crippen LogP contribution >= 0.6 is 0 Å². The monoisotopic (exact) mass is 273 g/mol. The minimum Gasteiger partial charge on any atom is -0.330 e. The molecule has 0 fully saturated rings. The van der Waals surface area contributed by atoms with E-state index in [0.717, 1.165) is 65.1 Å². The van der Waals surface area contributed by atoms with Gasteiger partial charge in [-0.2, -0.15) is 0 Å². The average molecular weight is 273 g/mol. The Kier molecular flexibility index (Phi) is 15.7. The van der Waals surface area contributed by atoms with E-state index in [1.54, 1.807) is 0 Å². The zero-order valence-corrected chi connectivity index (χ0v) is 12.6. The van der Waals surface area contributed by atoms with Gasteiger partial charge in [-0.15, -0.1) is 0 Å². The molecule has 0 unspecified atom stereocenters.